The zero-order valence-corrected chi connectivity index (χ0v) is 19.4. The van der Waals surface area contributed by atoms with E-state index in [2.05, 4.69) is 87.6 Å². The predicted octanol–water partition coefficient (Wildman–Crippen LogP) is 7.07. The van der Waals surface area contributed by atoms with Crippen molar-refractivity contribution in [2.75, 3.05) is 0 Å². The number of fused-ring (bicyclic) bond motifs is 1. The van der Waals surface area contributed by atoms with E-state index >= 15 is 0 Å². The Bertz CT molecular complexity index is 1360. The smallest absolute Gasteiger partial charge is 0.192 e. The van der Waals surface area contributed by atoms with Crippen LogP contribution in [-0.2, 0) is 12.3 Å². The first-order chi connectivity index (χ1) is 15.2. The van der Waals surface area contributed by atoms with Gasteiger partial charge in [-0.15, -0.1) is 39.4 Å². The molecule has 0 atom stereocenters. The van der Waals surface area contributed by atoms with E-state index in [0.717, 1.165) is 33.0 Å². The van der Waals surface area contributed by atoms with Crippen LogP contribution in [-0.4, -0.2) is 19.7 Å². The van der Waals surface area contributed by atoms with Crippen molar-refractivity contribution >= 4 is 44.5 Å². The minimum Gasteiger partial charge on any atom is -0.298 e. The molecule has 0 unspecified atom stereocenters. The van der Waals surface area contributed by atoms with Crippen molar-refractivity contribution in [3.8, 4) is 22.0 Å². The Morgan fingerprint density at radius 2 is 1.97 bits per heavy atom. The summed E-state index contributed by atoms with van der Waals surface area (Å²) in [5.74, 6) is 1.64. The summed E-state index contributed by atoms with van der Waals surface area (Å²) in [5.41, 5.74) is 4.59. The van der Waals surface area contributed by atoms with Crippen LogP contribution in [0, 0.1) is 6.92 Å². The maximum absolute atomic E-state index is 4.83. The molecule has 0 radical (unpaired) electrons. The van der Waals surface area contributed by atoms with Gasteiger partial charge in [0.2, 0.25) is 0 Å². The Morgan fingerprint density at radius 1 is 1.06 bits per heavy atom. The number of hydrogen-bond donors (Lipinski definition) is 0. The first-order valence-electron chi connectivity index (χ1n) is 9.88. The van der Waals surface area contributed by atoms with Gasteiger partial charge in [0.1, 0.15) is 5.01 Å². The lowest BCUT2D eigenvalue weighted by molar-refractivity contribution is 0.731. The maximum atomic E-state index is 4.83. The van der Waals surface area contributed by atoms with E-state index in [1.165, 1.54) is 21.2 Å². The molecule has 0 aliphatic carbocycles. The van der Waals surface area contributed by atoms with Crippen LogP contribution in [0.25, 0.3) is 32.0 Å². The monoisotopic (exact) mass is 460 g/mol. The number of nitrogens with zero attached hydrogens (tertiary/aromatic N) is 4. The van der Waals surface area contributed by atoms with Crippen LogP contribution in [0.1, 0.15) is 11.3 Å². The van der Waals surface area contributed by atoms with Crippen molar-refractivity contribution in [3.05, 3.63) is 83.2 Å². The van der Waals surface area contributed by atoms with E-state index < -0.39 is 0 Å². The molecule has 0 aliphatic rings. The quantitative estimate of drug-likeness (QED) is 0.192. The summed E-state index contributed by atoms with van der Waals surface area (Å²) in [7, 11) is 0. The Labute approximate surface area is 193 Å². The highest BCUT2D eigenvalue weighted by molar-refractivity contribution is 7.98. The minimum atomic E-state index is 0.667. The first-order valence-corrected chi connectivity index (χ1v) is 12.6. The van der Waals surface area contributed by atoms with Gasteiger partial charge in [0.05, 0.1) is 5.69 Å². The average molecular weight is 461 g/mol. The predicted molar refractivity (Wildman–Crippen MR) is 133 cm³/mol. The Kier molecular flexibility index (Phi) is 5.72. The van der Waals surface area contributed by atoms with E-state index in [9.17, 15) is 0 Å². The van der Waals surface area contributed by atoms with Crippen LogP contribution in [0.2, 0.25) is 0 Å². The molecular formula is C24H20N4S3. The van der Waals surface area contributed by atoms with Crippen molar-refractivity contribution in [3.63, 3.8) is 0 Å². The second kappa shape index (κ2) is 8.78. The molecule has 5 aromatic rings. The minimum absolute atomic E-state index is 0.667. The van der Waals surface area contributed by atoms with Gasteiger partial charge in [0.25, 0.3) is 0 Å². The number of aromatic nitrogens is 4. The Balaban J connectivity index is 1.40. The second-order valence-corrected chi connectivity index (χ2v) is 9.86. The first kappa shape index (κ1) is 20.2. The maximum Gasteiger partial charge on any atom is 0.192 e. The molecule has 3 heterocycles. The van der Waals surface area contributed by atoms with Crippen LogP contribution in [0.15, 0.2) is 77.1 Å². The zero-order valence-electron chi connectivity index (χ0n) is 17.0. The summed E-state index contributed by atoms with van der Waals surface area (Å²) in [6, 6.07) is 16.9. The molecule has 0 spiro atoms. The normalized spacial score (nSPS) is 11.3. The molecular weight excluding hydrogens is 440 g/mol. The number of rotatable bonds is 7. The summed E-state index contributed by atoms with van der Waals surface area (Å²) < 4.78 is 3.39. The van der Waals surface area contributed by atoms with Crippen molar-refractivity contribution < 1.29 is 0 Å². The fourth-order valence-corrected chi connectivity index (χ4v) is 6.16. The van der Waals surface area contributed by atoms with Crippen LogP contribution < -0.4 is 0 Å². The zero-order chi connectivity index (χ0) is 21.2. The van der Waals surface area contributed by atoms with E-state index in [4.69, 9.17) is 4.98 Å². The van der Waals surface area contributed by atoms with Crippen molar-refractivity contribution in [2.45, 2.75) is 24.4 Å². The average Bonchev–Trinajstić information content (AvgIpc) is 3.51. The SMILES string of the molecule is C=CCn1c(SCc2csc(-c3cccc(C)c3)n2)nnc1-c1csc2ccccc12. The van der Waals surface area contributed by atoms with E-state index in [-0.39, 0.29) is 0 Å². The molecule has 0 N–H and O–H groups in total. The van der Waals surface area contributed by atoms with E-state index in [1.807, 2.05) is 6.08 Å². The molecule has 31 heavy (non-hydrogen) atoms. The molecule has 0 saturated heterocycles. The van der Waals surface area contributed by atoms with E-state index in [0.29, 0.717) is 6.54 Å². The highest BCUT2D eigenvalue weighted by Crippen LogP contribution is 2.35. The number of hydrogen-bond acceptors (Lipinski definition) is 6. The number of allylic oxidation sites excluding steroid dienone is 1. The molecule has 154 valence electrons. The van der Waals surface area contributed by atoms with Crippen LogP contribution in [0.3, 0.4) is 0 Å². The molecule has 0 saturated carbocycles. The van der Waals surface area contributed by atoms with Gasteiger partial charge in [0, 0.05) is 44.3 Å². The highest BCUT2D eigenvalue weighted by atomic mass is 32.2. The van der Waals surface area contributed by atoms with Gasteiger partial charge in [-0.05, 0) is 19.1 Å². The van der Waals surface area contributed by atoms with Gasteiger partial charge in [-0.2, -0.15) is 0 Å². The van der Waals surface area contributed by atoms with Crippen LogP contribution in [0.5, 0.6) is 0 Å². The fraction of sp³-hybridized carbons (Fsp3) is 0.125. The van der Waals surface area contributed by atoms with Gasteiger partial charge < -0.3 is 0 Å². The molecule has 0 aliphatic heterocycles. The molecule has 2 aromatic carbocycles. The van der Waals surface area contributed by atoms with E-state index in [1.54, 1.807) is 34.4 Å². The number of thioether (sulfide) groups is 1. The number of thiazole rings is 1. The van der Waals surface area contributed by atoms with Gasteiger partial charge in [-0.25, -0.2) is 4.98 Å². The molecule has 7 heteroatoms. The lowest BCUT2D eigenvalue weighted by atomic mass is 10.1. The molecule has 5 rings (SSSR count). The van der Waals surface area contributed by atoms with Crippen molar-refractivity contribution in [2.24, 2.45) is 0 Å². The summed E-state index contributed by atoms with van der Waals surface area (Å²) in [6.45, 7) is 6.70. The third-order valence-electron chi connectivity index (χ3n) is 4.92. The third kappa shape index (κ3) is 4.08. The number of aryl methyl sites for hydroxylation is 1. The van der Waals surface area contributed by atoms with Gasteiger partial charge >= 0.3 is 0 Å². The standard InChI is InChI=1S/C24H20N4S3/c1-3-11-28-22(20-15-29-21-10-5-4-9-19(20)21)26-27-24(28)31-14-18-13-30-23(25-18)17-8-6-7-16(2)12-17/h3-10,12-13,15H,1,11,14H2,2H3. The second-order valence-electron chi connectivity index (χ2n) is 7.15. The molecule has 0 fully saturated rings. The number of thiophene rings is 1. The largest absolute Gasteiger partial charge is 0.298 e. The molecule has 0 amide bonds. The molecule has 3 aromatic heterocycles. The Morgan fingerprint density at radius 3 is 2.84 bits per heavy atom. The summed E-state index contributed by atoms with van der Waals surface area (Å²) in [6.07, 6.45) is 1.89. The van der Waals surface area contributed by atoms with Crippen LogP contribution in [0.4, 0.5) is 0 Å². The van der Waals surface area contributed by atoms with Gasteiger partial charge in [-0.3, -0.25) is 4.57 Å². The lowest BCUT2D eigenvalue weighted by Gasteiger charge is -2.06. The van der Waals surface area contributed by atoms with Gasteiger partial charge in [0.15, 0.2) is 11.0 Å². The summed E-state index contributed by atoms with van der Waals surface area (Å²) in [5, 5.41) is 16.5. The van der Waals surface area contributed by atoms with Crippen molar-refractivity contribution in [1.29, 1.82) is 0 Å². The fourth-order valence-electron chi connectivity index (χ4n) is 3.46. The van der Waals surface area contributed by atoms with Gasteiger partial charge in [-0.1, -0.05) is 59.8 Å². The molecule has 4 nitrogen and oxygen atoms in total. The summed E-state index contributed by atoms with van der Waals surface area (Å²) in [4.78, 5) is 4.83. The topological polar surface area (TPSA) is 43.6 Å². The highest BCUT2D eigenvalue weighted by Gasteiger charge is 2.17. The van der Waals surface area contributed by atoms with Crippen molar-refractivity contribution in [1.82, 2.24) is 19.7 Å². The lowest BCUT2D eigenvalue weighted by Crippen LogP contribution is -2.00. The summed E-state index contributed by atoms with van der Waals surface area (Å²) >= 11 is 5.08. The Hall–Kier alpha value is -2.74. The van der Waals surface area contributed by atoms with Crippen LogP contribution >= 0.6 is 34.4 Å². The third-order valence-corrected chi connectivity index (χ3v) is 7.82. The number of benzene rings is 2. The molecule has 0 bridgehead atoms.